The maximum absolute atomic E-state index is 12.4. The van der Waals surface area contributed by atoms with Crippen LogP contribution < -0.4 is 14.8 Å². The lowest BCUT2D eigenvalue weighted by Crippen LogP contribution is -2.24. The van der Waals surface area contributed by atoms with E-state index in [9.17, 15) is 9.59 Å². The van der Waals surface area contributed by atoms with Crippen LogP contribution in [-0.4, -0.2) is 40.6 Å². The normalized spacial score (nSPS) is 12.2. The summed E-state index contributed by atoms with van der Waals surface area (Å²) in [4.78, 5) is 29.0. The Balaban J connectivity index is 1.39. The standard InChI is InChI=1S/C22H23N3O5S/c1-3-25-17-7-6-15(21(27)28-4-2)10-16(17)24-22(25)31-12-20(26)23-11-14-5-8-18-19(9-14)30-13-29-18/h5-10H,3-4,11-13H2,1-2H3,(H,23,26). The van der Waals surface area contributed by atoms with Crippen LogP contribution in [0.2, 0.25) is 0 Å². The molecule has 8 nitrogen and oxygen atoms in total. The number of esters is 1. The number of aryl methyl sites for hydroxylation is 1. The molecule has 3 aromatic rings. The predicted octanol–water partition coefficient (Wildman–Crippen LogP) is 3.37. The molecule has 0 radical (unpaired) electrons. The number of ether oxygens (including phenoxy) is 3. The number of hydrogen-bond acceptors (Lipinski definition) is 7. The van der Waals surface area contributed by atoms with E-state index in [0.29, 0.717) is 36.5 Å². The number of benzene rings is 2. The molecule has 0 spiro atoms. The zero-order chi connectivity index (χ0) is 21.8. The molecule has 1 amide bonds. The van der Waals surface area contributed by atoms with Crippen molar-refractivity contribution in [1.82, 2.24) is 14.9 Å². The number of carbonyl (C=O) groups excluding carboxylic acids is 2. The Labute approximate surface area is 183 Å². The zero-order valence-electron chi connectivity index (χ0n) is 17.3. The van der Waals surface area contributed by atoms with Gasteiger partial charge in [0.05, 0.1) is 29.0 Å². The maximum Gasteiger partial charge on any atom is 0.338 e. The summed E-state index contributed by atoms with van der Waals surface area (Å²) in [6.45, 7) is 5.45. The Morgan fingerprint density at radius 2 is 2.00 bits per heavy atom. The van der Waals surface area contributed by atoms with Gasteiger partial charge in [0.25, 0.3) is 0 Å². The van der Waals surface area contributed by atoms with Crippen molar-refractivity contribution in [3.8, 4) is 11.5 Å². The average Bonchev–Trinajstić information content (AvgIpc) is 3.39. The molecule has 1 aliphatic rings. The second kappa shape index (κ2) is 9.30. The first-order valence-electron chi connectivity index (χ1n) is 10.0. The van der Waals surface area contributed by atoms with Gasteiger partial charge in [-0.25, -0.2) is 9.78 Å². The topological polar surface area (TPSA) is 91.7 Å². The van der Waals surface area contributed by atoms with E-state index in [-0.39, 0.29) is 24.4 Å². The van der Waals surface area contributed by atoms with Crippen LogP contribution >= 0.6 is 11.8 Å². The van der Waals surface area contributed by atoms with Crippen molar-refractivity contribution in [2.75, 3.05) is 19.2 Å². The molecule has 0 fully saturated rings. The lowest BCUT2D eigenvalue weighted by molar-refractivity contribution is -0.118. The van der Waals surface area contributed by atoms with Crippen molar-refractivity contribution >= 4 is 34.7 Å². The lowest BCUT2D eigenvalue weighted by Gasteiger charge is -2.07. The summed E-state index contributed by atoms with van der Waals surface area (Å²) in [5, 5.41) is 3.65. The van der Waals surface area contributed by atoms with E-state index < -0.39 is 0 Å². The van der Waals surface area contributed by atoms with Crippen LogP contribution in [0.4, 0.5) is 0 Å². The fourth-order valence-electron chi connectivity index (χ4n) is 3.30. The first kappa shape index (κ1) is 21.0. The number of rotatable bonds is 8. The molecule has 2 aromatic carbocycles. The predicted molar refractivity (Wildman–Crippen MR) is 116 cm³/mol. The highest BCUT2D eigenvalue weighted by atomic mass is 32.2. The van der Waals surface area contributed by atoms with E-state index in [4.69, 9.17) is 14.2 Å². The van der Waals surface area contributed by atoms with Gasteiger partial charge >= 0.3 is 5.97 Å². The molecule has 31 heavy (non-hydrogen) atoms. The molecule has 0 saturated carbocycles. The molecule has 1 aliphatic heterocycles. The Morgan fingerprint density at radius 1 is 1.16 bits per heavy atom. The van der Waals surface area contributed by atoms with Crippen LogP contribution in [0.25, 0.3) is 11.0 Å². The third kappa shape index (κ3) is 4.61. The Bertz CT molecular complexity index is 1130. The number of nitrogens with one attached hydrogen (secondary N) is 1. The number of carbonyl (C=O) groups is 2. The van der Waals surface area contributed by atoms with Gasteiger partial charge in [-0.2, -0.15) is 0 Å². The van der Waals surface area contributed by atoms with Crippen molar-refractivity contribution in [2.24, 2.45) is 0 Å². The Morgan fingerprint density at radius 3 is 2.81 bits per heavy atom. The van der Waals surface area contributed by atoms with E-state index in [1.54, 1.807) is 19.1 Å². The minimum absolute atomic E-state index is 0.0930. The lowest BCUT2D eigenvalue weighted by atomic mass is 10.2. The molecule has 9 heteroatoms. The molecular formula is C22H23N3O5S. The van der Waals surface area contributed by atoms with Crippen LogP contribution in [0.15, 0.2) is 41.6 Å². The fourth-order valence-corrected chi connectivity index (χ4v) is 4.21. The molecule has 0 aliphatic carbocycles. The van der Waals surface area contributed by atoms with Crippen molar-refractivity contribution in [3.05, 3.63) is 47.5 Å². The molecular weight excluding hydrogens is 418 g/mol. The average molecular weight is 442 g/mol. The number of imidazole rings is 1. The molecule has 1 aromatic heterocycles. The van der Waals surface area contributed by atoms with E-state index in [1.807, 2.05) is 35.8 Å². The van der Waals surface area contributed by atoms with E-state index in [0.717, 1.165) is 22.0 Å². The molecule has 0 unspecified atom stereocenters. The van der Waals surface area contributed by atoms with Gasteiger partial charge in [-0.15, -0.1) is 0 Å². The summed E-state index contributed by atoms with van der Waals surface area (Å²) in [5.41, 5.74) is 3.03. The number of amides is 1. The summed E-state index contributed by atoms with van der Waals surface area (Å²) >= 11 is 1.36. The van der Waals surface area contributed by atoms with Gasteiger partial charge in [-0.05, 0) is 49.7 Å². The van der Waals surface area contributed by atoms with Crippen molar-refractivity contribution in [3.63, 3.8) is 0 Å². The number of thioether (sulfide) groups is 1. The van der Waals surface area contributed by atoms with Crippen LogP contribution in [0.5, 0.6) is 11.5 Å². The summed E-state index contributed by atoms with van der Waals surface area (Å²) in [5.74, 6) is 1.19. The number of fused-ring (bicyclic) bond motifs is 2. The third-order valence-corrected chi connectivity index (χ3v) is 5.78. The first-order chi connectivity index (χ1) is 15.1. The Hall–Kier alpha value is -3.20. The van der Waals surface area contributed by atoms with Crippen LogP contribution in [0, 0.1) is 0 Å². The van der Waals surface area contributed by atoms with E-state index >= 15 is 0 Å². The summed E-state index contributed by atoms with van der Waals surface area (Å²) < 4.78 is 17.7. The van der Waals surface area contributed by atoms with Crippen LogP contribution in [0.3, 0.4) is 0 Å². The summed E-state index contributed by atoms with van der Waals surface area (Å²) in [6, 6.07) is 10.9. The van der Waals surface area contributed by atoms with Gasteiger partial charge in [0.15, 0.2) is 16.7 Å². The smallest absolute Gasteiger partial charge is 0.338 e. The first-order valence-corrected chi connectivity index (χ1v) is 11.0. The molecule has 0 saturated heterocycles. The Kier molecular flexibility index (Phi) is 6.31. The number of nitrogens with zero attached hydrogens (tertiary/aromatic N) is 2. The number of aromatic nitrogens is 2. The van der Waals surface area contributed by atoms with Crippen molar-refractivity contribution in [2.45, 2.75) is 32.1 Å². The van der Waals surface area contributed by atoms with Gasteiger partial charge in [0, 0.05) is 13.1 Å². The molecule has 0 bridgehead atoms. The highest BCUT2D eigenvalue weighted by molar-refractivity contribution is 7.99. The summed E-state index contributed by atoms with van der Waals surface area (Å²) in [7, 11) is 0. The fraction of sp³-hybridized carbons (Fsp3) is 0.318. The number of hydrogen-bond donors (Lipinski definition) is 1. The monoisotopic (exact) mass is 441 g/mol. The largest absolute Gasteiger partial charge is 0.462 e. The molecule has 1 N–H and O–H groups in total. The van der Waals surface area contributed by atoms with Crippen molar-refractivity contribution in [1.29, 1.82) is 0 Å². The van der Waals surface area contributed by atoms with Crippen LogP contribution in [-0.2, 0) is 22.6 Å². The van der Waals surface area contributed by atoms with Gasteiger partial charge in [0.1, 0.15) is 0 Å². The van der Waals surface area contributed by atoms with Gasteiger partial charge in [-0.3, -0.25) is 4.79 Å². The van der Waals surface area contributed by atoms with Gasteiger partial charge < -0.3 is 24.1 Å². The molecule has 0 atom stereocenters. The summed E-state index contributed by atoms with van der Waals surface area (Å²) in [6.07, 6.45) is 0. The highest BCUT2D eigenvalue weighted by Crippen LogP contribution is 2.32. The van der Waals surface area contributed by atoms with Crippen LogP contribution in [0.1, 0.15) is 29.8 Å². The minimum atomic E-state index is -0.368. The second-order valence-electron chi connectivity index (χ2n) is 6.82. The molecule has 2 heterocycles. The van der Waals surface area contributed by atoms with E-state index in [2.05, 4.69) is 10.3 Å². The van der Waals surface area contributed by atoms with Crippen molar-refractivity contribution < 1.29 is 23.8 Å². The maximum atomic E-state index is 12.4. The minimum Gasteiger partial charge on any atom is -0.462 e. The van der Waals surface area contributed by atoms with Gasteiger partial charge in [0.2, 0.25) is 12.7 Å². The quantitative estimate of drug-likeness (QED) is 0.423. The SMILES string of the molecule is CCOC(=O)c1ccc2c(c1)nc(SCC(=O)NCc1ccc3c(c1)OCO3)n2CC. The second-order valence-corrected chi connectivity index (χ2v) is 7.76. The highest BCUT2D eigenvalue weighted by Gasteiger charge is 2.16. The van der Waals surface area contributed by atoms with Gasteiger partial charge in [-0.1, -0.05) is 17.8 Å². The third-order valence-electron chi connectivity index (χ3n) is 4.80. The molecule has 162 valence electrons. The zero-order valence-corrected chi connectivity index (χ0v) is 18.2. The van der Waals surface area contributed by atoms with E-state index in [1.165, 1.54) is 11.8 Å². The molecule has 4 rings (SSSR count).